The molecule has 0 spiro atoms. The van der Waals surface area contributed by atoms with Crippen LogP contribution < -0.4 is 15.4 Å². The fourth-order valence-corrected chi connectivity index (χ4v) is 4.76. The fourth-order valence-electron chi connectivity index (χ4n) is 4.76. The lowest BCUT2D eigenvalue weighted by Gasteiger charge is -2.27. The number of rotatable bonds is 6. The predicted octanol–water partition coefficient (Wildman–Crippen LogP) is 5.38. The highest BCUT2D eigenvalue weighted by atomic mass is 16.5. The summed E-state index contributed by atoms with van der Waals surface area (Å²) >= 11 is 0. The van der Waals surface area contributed by atoms with Crippen LogP contribution in [0.25, 0.3) is 16.5 Å². The average Bonchev–Trinajstić information content (AvgIpc) is 3.38. The molecule has 3 amide bonds. The standard InChI is InChI=1S/C31H35N5O4/c1-31(2,3)27-20-28(33-30(38)32-25-12-13-26(39-4)24-11-6-5-10-23(24)25)36(34-27)22-9-7-8-21(18-22)19-29(37)35-14-16-40-17-15-35/h5-13,18,20H,14-17,19H2,1-4H3,(H2,32,33,38). The molecule has 3 aromatic carbocycles. The Kier molecular flexibility index (Phi) is 7.75. The van der Waals surface area contributed by atoms with Gasteiger partial charge in [0.15, 0.2) is 0 Å². The van der Waals surface area contributed by atoms with Crippen LogP contribution in [0.15, 0.2) is 66.7 Å². The zero-order valence-corrected chi connectivity index (χ0v) is 23.4. The Labute approximate surface area is 234 Å². The minimum atomic E-state index is -0.393. The van der Waals surface area contributed by atoms with Crippen molar-refractivity contribution in [3.63, 3.8) is 0 Å². The van der Waals surface area contributed by atoms with Gasteiger partial charge >= 0.3 is 6.03 Å². The number of nitrogens with one attached hydrogen (secondary N) is 2. The number of hydrogen-bond acceptors (Lipinski definition) is 5. The lowest BCUT2D eigenvalue weighted by molar-refractivity contribution is -0.134. The van der Waals surface area contributed by atoms with E-state index in [4.69, 9.17) is 14.6 Å². The van der Waals surface area contributed by atoms with Crippen LogP contribution in [-0.4, -0.2) is 60.0 Å². The smallest absolute Gasteiger partial charge is 0.324 e. The molecule has 208 valence electrons. The number of carbonyl (C=O) groups excluding carboxylic acids is 2. The van der Waals surface area contributed by atoms with Crippen molar-refractivity contribution in [3.8, 4) is 11.4 Å². The van der Waals surface area contributed by atoms with Gasteiger partial charge in [-0.25, -0.2) is 9.48 Å². The molecule has 0 atom stereocenters. The monoisotopic (exact) mass is 541 g/mol. The molecule has 0 radical (unpaired) electrons. The maximum atomic E-state index is 13.3. The molecule has 2 heterocycles. The van der Waals surface area contributed by atoms with Gasteiger partial charge in [-0.3, -0.25) is 10.1 Å². The van der Waals surface area contributed by atoms with Crippen molar-refractivity contribution in [2.75, 3.05) is 44.0 Å². The number of fused-ring (bicyclic) bond motifs is 1. The number of carbonyl (C=O) groups is 2. The summed E-state index contributed by atoms with van der Waals surface area (Å²) in [6.07, 6.45) is 0.287. The number of hydrogen-bond donors (Lipinski definition) is 2. The number of amides is 3. The molecule has 1 aliphatic heterocycles. The third kappa shape index (κ3) is 5.94. The number of aromatic nitrogens is 2. The van der Waals surface area contributed by atoms with Crippen molar-refractivity contribution in [1.82, 2.24) is 14.7 Å². The summed E-state index contributed by atoms with van der Waals surface area (Å²) in [5.41, 5.74) is 2.89. The summed E-state index contributed by atoms with van der Waals surface area (Å²) in [6.45, 7) is 8.58. The van der Waals surface area contributed by atoms with E-state index in [1.807, 2.05) is 71.6 Å². The van der Waals surface area contributed by atoms with Gasteiger partial charge in [-0.1, -0.05) is 57.2 Å². The molecule has 9 nitrogen and oxygen atoms in total. The number of urea groups is 1. The van der Waals surface area contributed by atoms with Crippen LogP contribution in [0.2, 0.25) is 0 Å². The minimum absolute atomic E-state index is 0.0701. The van der Waals surface area contributed by atoms with Gasteiger partial charge < -0.3 is 19.7 Å². The molecule has 0 aliphatic carbocycles. The summed E-state index contributed by atoms with van der Waals surface area (Å²) in [4.78, 5) is 27.9. The van der Waals surface area contributed by atoms with Crippen molar-refractivity contribution in [1.29, 1.82) is 0 Å². The third-order valence-corrected chi connectivity index (χ3v) is 6.95. The zero-order chi connectivity index (χ0) is 28.3. The predicted molar refractivity (Wildman–Crippen MR) is 157 cm³/mol. The second kappa shape index (κ2) is 11.4. The summed E-state index contributed by atoms with van der Waals surface area (Å²) in [5, 5.41) is 12.6. The fraction of sp³-hybridized carbons (Fsp3) is 0.323. The topological polar surface area (TPSA) is 97.7 Å². The lowest BCUT2D eigenvalue weighted by atomic mass is 9.92. The Hall–Kier alpha value is -4.37. The number of benzene rings is 3. The highest BCUT2D eigenvalue weighted by molar-refractivity contribution is 6.07. The van der Waals surface area contributed by atoms with Gasteiger partial charge in [0.1, 0.15) is 11.6 Å². The molecule has 0 bridgehead atoms. The summed E-state index contributed by atoms with van der Waals surface area (Å²) in [5.74, 6) is 1.33. The molecule has 2 N–H and O–H groups in total. The molecule has 9 heteroatoms. The number of methoxy groups -OCH3 is 1. The van der Waals surface area contributed by atoms with Crippen LogP contribution in [0.3, 0.4) is 0 Å². The Morgan fingerprint density at radius 3 is 2.42 bits per heavy atom. The van der Waals surface area contributed by atoms with Gasteiger partial charge in [0.2, 0.25) is 5.91 Å². The molecule has 0 unspecified atom stereocenters. The van der Waals surface area contributed by atoms with Gasteiger partial charge in [-0.15, -0.1) is 0 Å². The number of anilines is 2. The molecule has 1 aromatic heterocycles. The normalized spacial score (nSPS) is 13.8. The van der Waals surface area contributed by atoms with Crippen molar-refractivity contribution in [2.24, 2.45) is 0 Å². The molecule has 1 aliphatic rings. The van der Waals surface area contributed by atoms with E-state index >= 15 is 0 Å². The van der Waals surface area contributed by atoms with Crippen LogP contribution in [0, 0.1) is 0 Å². The molecule has 1 saturated heterocycles. The number of nitrogens with zero attached hydrogens (tertiary/aromatic N) is 3. The van der Waals surface area contributed by atoms with Crippen molar-refractivity contribution < 1.29 is 19.1 Å². The maximum absolute atomic E-state index is 13.3. The summed E-state index contributed by atoms with van der Waals surface area (Å²) < 4.78 is 12.6. The van der Waals surface area contributed by atoms with E-state index in [9.17, 15) is 9.59 Å². The lowest BCUT2D eigenvalue weighted by Crippen LogP contribution is -2.41. The molecule has 0 saturated carbocycles. The zero-order valence-electron chi connectivity index (χ0n) is 23.4. The Balaban J connectivity index is 1.41. The van der Waals surface area contributed by atoms with E-state index in [-0.39, 0.29) is 17.7 Å². The van der Waals surface area contributed by atoms with E-state index in [2.05, 4.69) is 31.4 Å². The largest absolute Gasteiger partial charge is 0.496 e. The molecule has 40 heavy (non-hydrogen) atoms. The first kappa shape index (κ1) is 27.2. The Bertz CT molecular complexity index is 1530. The number of ether oxygens (including phenoxy) is 2. The SMILES string of the molecule is COc1ccc(NC(=O)Nc2cc(C(C)(C)C)nn2-c2cccc(CC(=O)N3CCOCC3)c2)c2ccccc12. The third-order valence-electron chi connectivity index (χ3n) is 6.95. The van der Waals surface area contributed by atoms with Crippen LogP contribution in [0.4, 0.5) is 16.3 Å². The quantitative estimate of drug-likeness (QED) is 0.342. The first-order chi connectivity index (χ1) is 19.2. The van der Waals surface area contributed by atoms with Crippen LogP contribution in [0.5, 0.6) is 5.75 Å². The second-order valence-corrected chi connectivity index (χ2v) is 10.9. The first-order valence-corrected chi connectivity index (χ1v) is 13.4. The molecule has 4 aromatic rings. The van der Waals surface area contributed by atoms with Gasteiger partial charge in [-0.2, -0.15) is 5.10 Å². The van der Waals surface area contributed by atoms with Gasteiger partial charge in [0, 0.05) is 35.3 Å². The van der Waals surface area contributed by atoms with E-state index < -0.39 is 6.03 Å². The molecular formula is C31H35N5O4. The van der Waals surface area contributed by atoms with Gasteiger partial charge in [0.05, 0.1) is 43.8 Å². The average molecular weight is 542 g/mol. The van der Waals surface area contributed by atoms with Crippen molar-refractivity contribution >= 4 is 34.2 Å². The van der Waals surface area contributed by atoms with Crippen LogP contribution in [0.1, 0.15) is 32.0 Å². The molecule has 1 fully saturated rings. The van der Waals surface area contributed by atoms with Crippen LogP contribution >= 0.6 is 0 Å². The maximum Gasteiger partial charge on any atom is 0.324 e. The molecule has 5 rings (SSSR count). The van der Waals surface area contributed by atoms with Crippen molar-refractivity contribution in [2.45, 2.75) is 32.6 Å². The number of morpholine rings is 1. The van der Waals surface area contributed by atoms with E-state index in [0.29, 0.717) is 37.8 Å². The van der Waals surface area contributed by atoms with E-state index in [0.717, 1.165) is 33.5 Å². The Morgan fingerprint density at radius 2 is 1.70 bits per heavy atom. The highest BCUT2D eigenvalue weighted by Crippen LogP contribution is 2.32. The van der Waals surface area contributed by atoms with E-state index in [1.165, 1.54) is 0 Å². The van der Waals surface area contributed by atoms with Gasteiger partial charge in [-0.05, 0) is 29.8 Å². The van der Waals surface area contributed by atoms with Gasteiger partial charge in [0.25, 0.3) is 0 Å². The second-order valence-electron chi connectivity index (χ2n) is 10.9. The van der Waals surface area contributed by atoms with Crippen molar-refractivity contribution in [3.05, 3.63) is 78.0 Å². The summed E-state index contributed by atoms with van der Waals surface area (Å²) in [7, 11) is 1.63. The summed E-state index contributed by atoms with van der Waals surface area (Å²) in [6, 6.07) is 20.6. The highest BCUT2D eigenvalue weighted by Gasteiger charge is 2.23. The molecular weight excluding hydrogens is 506 g/mol. The minimum Gasteiger partial charge on any atom is -0.496 e. The van der Waals surface area contributed by atoms with Crippen LogP contribution in [-0.2, 0) is 21.4 Å². The first-order valence-electron chi connectivity index (χ1n) is 13.4. The Morgan fingerprint density at radius 1 is 0.950 bits per heavy atom. The van der Waals surface area contributed by atoms with E-state index in [1.54, 1.807) is 11.8 Å².